The first-order valence-corrected chi connectivity index (χ1v) is 7.15. The molecule has 1 N–H and O–H groups in total. The fraction of sp³-hybridized carbons (Fsp3) is 0.188. The first-order chi connectivity index (χ1) is 9.58. The molecule has 1 amide bonds. The zero-order valence-electron chi connectivity index (χ0n) is 11.1. The minimum Gasteiger partial charge on any atom is -0.351 e. The zero-order valence-corrected chi connectivity index (χ0v) is 12.7. The molecule has 20 heavy (non-hydrogen) atoms. The van der Waals surface area contributed by atoms with Gasteiger partial charge in [0.05, 0.1) is 5.56 Å². The summed E-state index contributed by atoms with van der Waals surface area (Å²) in [6, 6.07) is 14.3. The average Bonchev–Trinajstić information content (AvgIpc) is 2.45. The summed E-state index contributed by atoms with van der Waals surface area (Å²) in [6.07, 6.45) is 0. The van der Waals surface area contributed by atoms with Crippen molar-refractivity contribution < 1.29 is 9.18 Å². The normalized spacial score (nSPS) is 11.9. The third-order valence-electron chi connectivity index (χ3n) is 3.11. The van der Waals surface area contributed by atoms with Crippen LogP contribution >= 0.6 is 15.9 Å². The summed E-state index contributed by atoms with van der Waals surface area (Å²) >= 11 is 3.17. The van der Waals surface area contributed by atoms with E-state index in [2.05, 4.69) is 21.2 Å². The van der Waals surface area contributed by atoms with Crippen LogP contribution in [0, 0.1) is 5.82 Å². The lowest BCUT2D eigenvalue weighted by Crippen LogP contribution is -2.28. The van der Waals surface area contributed by atoms with Crippen molar-refractivity contribution in [1.29, 1.82) is 0 Å². The van der Waals surface area contributed by atoms with E-state index in [-0.39, 0.29) is 11.5 Å². The highest BCUT2D eigenvalue weighted by atomic mass is 79.9. The number of amides is 1. The number of benzene rings is 2. The lowest BCUT2D eigenvalue weighted by atomic mass is 10.0. The van der Waals surface area contributed by atoms with Gasteiger partial charge in [0, 0.05) is 11.0 Å². The van der Waals surface area contributed by atoms with E-state index in [1.807, 2.05) is 37.3 Å². The van der Waals surface area contributed by atoms with Crippen LogP contribution in [0.15, 0.2) is 53.0 Å². The molecule has 0 radical (unpaired) electrons. The molecule has 0 aliphatic heterocycles. The molecular weight excluding hydrogens is 321 g/mol. The fourth-order valence-electron chi connectivity index (χ4n) is 1.91. The Morgan fingerprint density at radius 2 is 1.95 bits per heavy atom. The van der Waals surface area contributed by atoms with E-state index in [1.165, 1.54) is 12.1 Å². The Kier molecular flexibility index (Phi) is 4.90. The molecule has 2 aromatic carbocycles. The van der Waals surface area contributed by atoms with Gasteiger partial charge in [-0.05, 0) is 29.7 Å². The van der Waals surface area contributed by atoms with Gasteiger partial charge >= 0.3 is 0 Å². The minimum atomic E-state index is -0.524. The maximum absolute atomic E-state index is 13.7. The molecule has 0 unspecified atom stereocenters. The van der Waals surface area contributed by atoms with Crippen molar-refractivity contribution >= 4 is 21.8 Å². The molecule has 4 heteroatoms. The van der Waals surface area contributed by atoms with Crippen molar-refractivity contribution in [3.05, 3.63) is 69.9 Å². The van der Waals surface area contributed by atoms with Crippen LogP contribution in [0.2, 0.25) is 0 Å². The van der Waals surface area contributed by atoms with E-state index in [0.29, 0.717) is 11.0 Å². The van der Waals surface area contributed by atoms with E-state index in [9.17, 15) is 9.18 Å². The van der Waals surface area contributed by atoms with Gasteiger partial charge in [-0.25, -0.2) is 4.39 Å². The number of rotatable bonds is 4. The number of carbonyl (C=O) groups is 1. The van der Waals surface area contributed by atoms with Crippen LogP contribution in [0.5, 0.6) is 0 Å². The lowest BCUT2D eigenvalue weighted by molar-refractivity contribution is 0.0947. The summed E-state index contributed by atoms with van der Waals surface area (Å²) < 4.78 is 14.3. The average molecular weight is 336 g/mol. The second-order valence-electron chi connectivity index (χ2n) is 4.65. The molecule has 0 fully saturated rings. The Morgan fingerprint density at radius 1 is 1.25 bits per heavy atom. The summed E-state index contributed by atoms with van der Waals surface area (Å²) in [4.78, 5) is 11.9. The standard InChI is InChI=1S/C16H15BrFNO/c1-11(12-5-3-2-4-6-12)10-19-16(20)14-8-7-13(17)9-15(14)18/h2-9,11H,10H2,1H3,(H,19,20)/t11-/m1/s1. The molecule has 0 saturated carbocycles. The Morgan fingerprint density at radius 3 is 2.60 bits per heavy atom. The van der Waals surface area contributed by atoms with Gasteiger partial charge in [-0.15, -0.1) is 0 Å². The van der Waals surface area contributed by atoms with Crippen LogP contribution in [0.25, 0.3) is 0 Å². The maximum atomic E-state index is 13.7. The molecule has 0 saturated heterocycles. The Labute approximate surface area is 126 Å². The van der Waals surface area contributed by atoms with Crippen LogP contribution in [0.3, 0.4) is 0 Å². The number of carbonyl (C=O) groups excluding carboxylic acids is 1. The third-order valence-corrected chi connectivity index (χ3v) is 3.61. The Balaban J connectivity index is 1.99. The van der Waals surface area contributed by atoms with E-state index in [1.54, 1.807) is 6.07 Å². The number of halogens is 2. The number of nitrogens with one attached hydrogen (secondary N) is 1. The highest BCUT2D eigenvalue weighted by Crippen LogP contribution is 2.16. The van der Waals surface area contributed by atoms with Crippen LogP contribution < -0.4 is 5.32 Å². The van der Waals surface area contributed by atoms with Crippen LogP contribution in [0.1, 0.15) is 28.8 Å². The monoisotopic (exact) mass is 335 g/mol. The first-order valence-electron chi connectivity index (χ1n) is 6.36. The molecular formula is C16H15BrFNO. The summed E-state index contributed by atoms with van der Waals surface area (Å²) in [7, 11) is 0. The lowest BCUT2D eigenvalue weighted by Gasteiger charge is -2.13. The fourth-order valence-corrected chi connectivity index (χ4v) is 2.25. The van der Waals surface area contributed by atoms with E-state index >= 15 is 0 Å². The predicted octanol–water partition coefficient (Wildman–Crippen LogP) is 4.12. The quantitative estimate of drug-likeness (QED) is 0.894. The van der Waals surface area contributed by atoms with E-state index in [4.69, 9.17) is 0 Å². The summed E-state index contributed by atoms with van der Waals surface area (Å²) in [5.74, 6) is -0.735. The first kappa shape index (κ1) is 14.7. The molecule has 1 atom stereocenters. The topological polar surface area (TPSA) is 29.1 Å². The van der Waals surface area contributed by atoms with Gasteiger partial charge in [-0.3, -0.25) is 4.79 Å². The third kappa shape index (κ3) is 3.67. The molecule has 2 aromatic rings. The molecule has 2 nitrogen and oxygen atoms in total. The van der Waals surface area contributed by atoms with Gasteiger partial charge in [0.2, 0.25) is 0 Å². The second kappa shape index (κ2) is 6.66. The van der Waals surface area contributed by atoms with Gasteiger partial charge < -0.3 is 5.32 Å². The van der Waals surface area contributed by atoms with Crippen molar-refractivity contribution in [2.24, 2.45) is 0 Å². The highest BCUT2D eigenvalue weighted by molar-refractivity contribution is 9.10. The Hall–Kier alpha value is -1.68. The molecule has 0 aliphatic carbocycles. The van der Waals surface area contributed by atoms with Gasteiger partial charge in [-0.2, -0.15) is 0 Å². The summed E-state index contributed by atoms with van der Waals surface area (Å²) in [5.41, 5.74) is 1.21. The predicted molar refractivity (Wildman–Crippen MR) is 81.3 cm³/mol. The molecule has 0 heterocycles. The van der Waals surface area contributed by atoms with Gasteiger partial charge in [0.15, 0.2) is 0 Å². The molecule has 0 bridgehead atoms. The van der Waals surface area contributed by atoms with Crippen molar-refractivity contribution in [2.45, 2.75) is 12.8 Å². The van der Waals surface area contributed by atoms with Gasteiger partial charge in [0.1, 0.15) is 5.82 Å². The molecule has 104 valence electrons. The smallest absolute Gasteiger partial charge is 0.254 e. The van der Waals surface area contributed by atoms with Crippen molar-refractivity contribution in [3.63, 3.8) is 0 Å². The molecule has 2 rings (SSSR count). The van der Waals surface area contributed by atoms with Crippen LogP contribution in [-0.4, -0.2) is 12.5 Å². The highest BCUT2D eigenvalue weighted by Gasteiger charge is 2.13. The zero-order chi connectivity index (χ0) is 14.5. The van der Waals surface area contributed by atoms with E-state index in [0.717, 1.165) is 5.56 Å². The van der Waals surface area contributed by atoms with Crippen LogP contribution in [-0.2, 0) is 0 Å². The maximum Gasteiger partial charge on any atom is 0.254 e. The van der Waals surface area contributed by atoms with Gasteiger partial charge in [0.25, 0.3) is 5.91 Å². The second-order valence-corrected chi connectivity index (χ2v) is 5.56. The van der Waals surface area contributed by atoms with Crippen molar-refractivity contribution in [2.75, 3.05) is 6.54 Å². The summed E-state index contributed by atoms with van der Waals surface area (Å²) in [5, 5.41) is 2.76. The largest absolute Gasteiger partial charge is 0.351 e. The Bertz CT molecular complexity index is 601. The van der Waals surface area contributed by atoms with Crippen molar-refractivity contribution in [3.8, 4) is 0 Å². The van der Waals surface area contributed by atoms with Crippen molar-refractivity contribution in [1.82, 2.24) is 5.32 Å². The van der Waals surface area contributed by atoms with Gasteiger partial charge in [-0.1, -0.05) is 53.2 Å². The van der Waals surface area contributed by atoms with Crippen LogP contribution in [0.4, 0.5) is 4.39 Å². The minimum absolute atomic E-state index is 0.0634. The molecule has 0 spiro atoms. The number of hydrogen-bond acceptors (Lipinski definition) is 1. The van der Waals surface area contributed by atoms with E-state index < -0.39 is 11.7 Å². The molecule has 0 aromatic heterocycles. The number of hydrogen-bond donors (Lipinski definition) is 1. The molecule has 0 aliphatic rings. The SMILES string of the molecule is C[C@H](CNC(=O)c1ccc(Br)cc1F)c1ccccc1. The summed E-state index contributed by atoms with van der Waals surface area (Å²) in [6.45, 7) is 2.49.